The smallest absolute Gasteiger partial charge is 0.315 e. The second-order valence-electron chi connectivity index (χ2n) is 7.31. The minimum Gasteiger partial charge on any atom is -0.396 e. The molecule has 0 aliphatic heterocycles. The summed E-state index contributed by atoms with van der Waals surface area (Å²) < 4.78 is 0. The monoisotopic (exact) mass is 268 g/mol. The predicted molar refractivity (Wildman–Crippen MR) is 75.9 cm³/mol. The van der Waals surface area contributed by atoms with Gasteiger partial charge >= 0.3 is 6.03 Å². The third-order valence-electron chi connectivity index (χ3n) is 5.31. The van der Waals surface area contributed by atoms with Gasteiger partial charge in [0.05, 0.1) is 6.61 Å². The summed E-state index contributed by atoms with van der Waals surface area (Å²) in [7, 11) is 0. The van der Waals surface area contributed by atoms with Crippen molar-refractivity contribution in [3.63, 3.8) is 0 Å². The van der Waals surface area contributed by atoms with Crippen molar-refractivity contribution < 1.29 is 9.90 Å². The lowest BCUT2D eigenvalue weighted by Gasteiger charge is -2.32. The number of carbonyl (C=O) groups is 1. The van der Waals surface area contributed by atoms with E-state index >= 15 is 0 Å². The maximum absolute atomic E-state index is 12.1. The van der Waals surface area contributed by atoms with E-state index in [2.05, 4.69) is 31.4 Å². The molecule has 0 spiro atoms. The molecule has 2 aliphatic rings. The van der Waals surface area contributed by atoms with Crippen LogP contribution in [0.2, 0.25) is 0 Å². The SMILES string of the molecule is CC1(C)CCCC1NC(=O)NC1CCCC1(C)CO. The minimum atomic E-state index is -0.150. The van der Waals surface area contributed by atoms with Gasteiger partial charge in [-0.25, -0.2) is 4.79 Å². The van der Waals surface area contributed by atoms with E-state index in [-0.39, 0.29) is 35.6 Å². The lowest BCUT2D eigenvalue weighted by atomic mass is 9.85. The van der Waals surface area contributed by atoms with Crippen LogP contribution in [-0.4, -0.2) is 29.8 Å². The van der Waals surface area contributed by atoms with Crippen molar-refractivity contribution in [1.29, 1.82) is 0 Å². The molecule has 2 rings (SSSR count). The molecule has 2 amide bonds. The van der Waals surface area contributed by atoms with Gasteiger partial charge in [-0.2, -0.15) is 0 Å². The van der Waals surface area contributed by atoms with Crippen molar-refractivity contribution >= 4 is 6.03 Å². The van der Waals surface area contributed by atoms with E-state index < -0.39 is 0 Å². The van der Waals surface area contributed by atoms with Crippen LogP contribution in [0, 0.1) is 10.8 Å². The fraction of sp³-hybridized carbons (Fsp3) is 0.933. The van der Waals surface area contributed by atoms with Crippen molar-refractivity contribution in [2.45, 2.75) is 71.4 Å². The molecule has 0 aromatic heterocycles. The van der Waals surface area contributed by atoms with Gasteiger partial charge in [-0.1, -0.05) is 33.6 Å². The third-order valence-corrected chi connectivity index (χ3v) is 5.31. The number of hydrogen-bond donors (Lipinski definition) is 3. The van der Waals surface area contributed by atoms with Gasteiger partial charge in [0.25, 0.3) is 0 Å². The molecule has 3 N–H and O–H groups in total. The van der Waals surface area contributed by atoms with Gasteiger partial charge in [0.15, 0.2) is 0 Å². The summed E-state index contributed by atoms with van der Waals surface area (Å²) >= 11 is 0. The summed E-state index contributed by atoms with van der Waals surface area (Å²) in [5.74, 6) is 0. The highest BCUT2D eigenvalue weighted by Gasteiger charge is 2.40. The first-order valence-electron chi connectivity index (χ1n) is 7.55. The molecule has 0 saturated heterocycles. The maximum atomic E-state index is 12.1. The minimum absolute atomic E-state index is 0.0634. The van der Waals surface area contributed by atoms with Gasteiger partial charge in [-0.05, 0) is 31.1 Å². The number of aliphatic hydroxyl groups is 1. The van der Waals surface area contributed by atoms with Gasteiger partial charge in [-0.15, -0.1) is 0 Å². The molecule has 0 radical (unpaired) electrons. The van der Waals surface area contributed by atoms with E-state index in [1.807, 2.05) is 0 Å². The number of aliphatic hydroxyl groups excluding tert-OH is 1. The Morgan fingerprint density at radius 3 is 2.26 bits per heavy atom. The second kappa shape index (κ2) is 5.31. The predicted octanol–water partition coefficient (Wildman–Crippen LogP) is 2.42. The normalized spacial score (nSPS) is 37.3. The van der Waals surface area contributed by atoms with E-state index in [0.717, 1.165) is 25.7 Å². The molecular formula is C15H28N2O2. The Bertz CT molecular complexity index is 343. The van der Waals surface area contributed by atoms with Gasteiger partial charge < -0.3 is 15.7 Å². The number of carbonyl (C=O) groups excluding carboxylic acids is 1. The van der Waals surface area contributed by atoms with Crippen molar-refractivity contribution in [1.82, 2.24) is 10.6 Å². The summed E-state index contributed by atoms with van der Waals surface area (Å²) in [6.07, 6.45) is 6.48. The van der Waals surface area contributed by atoms with Crippen LogP contribution in [0.5, 0.6) is 0 Å². The Kier molecular flexibility index (Phi) is 4.09. The molecule has 2 saturated carbocycles. The summed E-state index contributed by atoms with van der Waals surface area (Å²) in [4.78, 5) is 12.1. The van der Waals surface area contributed by atoms with E-state index in [4.69, 9.17) is 0 Å². The summed E-state index contributed by atoms with van der Waals surface area (Å²) in [5, 5.41) is 15.7. The average Bonchev–Trinajstić information content (AvgIpc) is 2.85. The largest absolute Gasteiger partial charge is 0.396 e. The van der Waals surface area contributed by atoms with Gasteiger partial charge in [0, 0.05) is 17.5 Å². The lowest BCUT2D eigenvalue weighted by Crippen LogP contribution is -2.52. The van der Waals surface area contributed by atoms with Gasteiger partial charge in [0.2, 0.25) is 0 Å². The van der Waals surface area contributed by atoms with Crippen LogP contribution in [0.4, 0.5) is 4.79 Å². The highest BCUT2D eigenvalue weighted by atomic mass is 16.3. The standard InChI is InChI=1S/C15H28N2O2/c1-14(2)8-4-6-11(14)16-13(19)17-12-7-5-9-15(12,3)10-18/h11-12,18H,4-10H2,1-3H3,(H2,16,17,19). The van der Waals surface area contributed by atoms with Crippen LogP contribution in [0.1, 0.15) is 59.3 Å². The van der Waals surface area contributed by atoms with Crippen LogP contribution in [-0.2, 0) is 0 Å². The zero-order chi connectivity index (χ0) is 14.1. The molecule has 0 heterocycles. The Morgan fingerprint density at radius 2 is 1.68 bits per heavy atom. The first-order chi connectivity index (χ1) is 8.87. The van der Waals surface area contributed by atoms with Crippen LogP contribution in [0.25, 0.3) is 0 Å². The second-order valence-corrected chi connectivity index (χ2v) is 7.31. The summed E-state index contributed by atoms with van der Waals surface area (Å²) in [6, 6.07) is 0.308. The Balaban J connectivity index is 1.88. The van der Waals surface area contributed by atoms with E-state index in [9.17, 15) is 9.90 Å². The quantitative estimate of drug-likeness (QED) is 0.736. The van der Waals surface area contributed by atoms with Crippen LogP contribution in [0.15, 0.2) is 0 Å². The van der Waals surface area contributed by atoms with Crippen molar-refractivity contribution in [3.8, 4) is 0 Å². The first-order valence-corrected chi connectivity index (χ1v) is 7.55. The summed E-state index contributed by atoms with van der Waals surface area (Å²) in [5.41, 5.74) is 0.0514. The fourth-order valence-electron chi connectivity index (χ4n) is 3.62. The van der Waals surface area contributed by atoms with Crippen molar-refractivity contribution in [2.24, 2.45) is 10.8 Å². The van der Waals surface area contributed by atoms with Gasteiger partial charge in [0.1, 0.15) is 0 Å². The lowest BCUT2D eigenvalue weighted by molar-refractivity contribution is 0.120. The van der Waals surface area contributed by atoms with Crippen LogP contribution < -0.4 is 10.6 Å². The van der Waals surface area contributed by atoms with Gasteiger partial charge in [-0.3, -0.25) is 0 Å². The number of hydrogen-bond acceptors (Lipinski definition) is 2. The van der Waals surface area contributed by atoms with E-state index in [1.165, 1.54) is 12.8 Å². The third kappa shape index (κ3) is 3.04. The Labute approximate surface area is 116 Å². The molecular weight excluding hydrogens is 240 g/mol. The molecule has 4 nitrogen and oxygen atoms in total. The molecule has 3 atom stereocenters. The molecule has 110 valence electrons. The number of rotatable bonds is 3. The fourth-order valence-corrected chi connectivity index (χ4v) is 3.62. The topological polar surface area (TPSA) is 61.4 Å². The molecule has 19 heavy (non-hydrogen) atoms. The molecule has 2 fully saturated rings. The Hall–Kier alpha value is -0.770. The number of urea groups is 1. The molecule has 0 bridgehead atoms. The van der Waals surface area contributed by atoms with E-state index in [0.29, 0.717) is 0 Å². The van der Waals surface area contributed by atoms with Crippen molar-refractivity contribution in [3.05, 3.63) is 0 Å². The zero-order valence-corrected chi connectivity index (χ0v) is 12.5. The highest BCUT2D eigenvalue weighted by Crippen LogP contribution is 2.38. The van der Waals surface area contributed by atoms with Crippen LogP contribution in [0.3, 0.4) is 0 Å². The summed E-state index contributed by atoms with van der Waals surface area (Å²) in [6.45, 7) is 6.65. The molecule has 2 aliphatic carbocycles. The average molecular weight is 268 g/mol. The van der Waals surface area contributed by atoms with Crippen LogP contribution >= 0.6 is 0 Å². The highest BCUT2D eigenvalue weighted by molar-refractivity contribution is 5.74. The molecule has 0 aromatic carbocycles. The Morgan fingerprint density at radius 1 is 1.11 bits per heavy atom. The molecule has 0 aromatic rings. The zero-order valence-electron chi connectivity index (χ0n) is 12.5. The molecule has 4 heteroatoms. The van der Waals surface area contributed by atoms with Crippen molar-refractivity contribution in [2.75, 3.05) is 6.61 Å². The maximum Gasteiger partial charge on any atom is 0.315 e. The number of amides is 2. The van der Waals surface area contributed by atoms with E-state index in [1.54, 1.807) is 0 Å². The number of nitrogens with one attached hydrogen (secondary N) is 2. The molecule has 3 unspecified atom stereocenters. The first kappa shape index (κ1) is 14.6.